The first-order chi connectivity index (χ1) is 10.7. The molecular formula is C17H29FN4. The molecule has 0 heterocycles. The minimum Gasteiger partial charge on any atom is -0.356 e. The molecule has 1 aromatic carbocycles. The summed E-state index contributed by atoms with van der Waals surface area (Å²) in [6.45, 7) is 9.32. The quantitative estimate of drug-likeness (QED) is 0.418. The molecule has 1 aromatic rings. The van der Waals surface area contributed by atoms with Gasteiger partial charge in [0.25, 0.3) is 0 Å². The molecule has 0 amide bonds. The fourth-order valence-corrected chi connectivity index (χ4v) is 2.22. The van der Waals surface area contributed by atoms with E-state index in [0.29, 0.717) is 6.54 Å². The molecule has 124 valence electrons. The van der Waals surface area contributed by atoms with Crippen LogP contribution in [0.25, 0.3) is 0 Å². The molecule has 0 atom stereocenters. The molecule has 0 saturated heterocycles. The predicted octanol–water partition coefficient (Wildman–Crippen LogP) is 2.61. The number of benzene rings is 1. The zero-order chi connectivity index (χ0) is 16.2. The Bertz CT molecular complexity index is 427. The number of halogens is 1. The summed E-state index contributed by atoms with van der Waals surface area (Å²) in [6.07, 6.45) is 2.30. The maximum atomic E-state index is 12.8. The van der Waals surface area contributed by atoms with E-state index in [4.69, 9.17) is 0 Å². The molecule has 1 rings (SSSR count). The van der Waals surface area contributed by atoms with E-state index in [1.807, 2.05) is 0 Å². The monoisotopic (exact) mass is 308 g/mol. The number of aliphatic imine (C=N–C) groups is 1. The van der Waals surface area contributed by atoms with Gasteiger partial charge in [0.05, 0.1) is 0 Å². The summed E-state index contributed by atoms with van der Waals surface area (Å²) in [5.74, 6) is 0.576. The molecule has 4 nitrogen and oxygen atoms in total. The molecule has 0 aliphatic heterocycles. The van der Waals surface area contributed by atoms with Crippen molar-refractivity contribution in [1.82, 2.24) is 15.5 Å². The van der Waals surface area contributed by atoms with Crippen molar-refractivity contribution in [1.29, 1.82) is 0 Å². The van der Waals surface area contributed by atoms with Crippen LogP contribution >= 0.6 is 0 Å². The number of nitrogens with one attached hydrogen (secondary N) is 2. The van der Waals surface area contributed by atoms with Crippen molar-refractivity contribution in [2.75, 3.05) is 33.2 Å². The van der Waals surface area contributed by atoms with Crippen LogP contribution < -0.4 is 10.6 Å². The summed E-state index contributed by atoms with van der Waals surface area (Å²) in [5, 5.41) is 6.54. The zero-order valence-electron chi connectivity index (χ0n) is 14.0. The number of hydrogen-bond acceptors (Lipinski definition) is 2. The van der Waals surface area contributed by atoms with Crippen molar-refractivity contribution in [3.05, 3.63) is 35.6 Å². The molecule has 0 saturated carbocycles. The maximum absolute atomic E-state index is 12.8. The van der Waals surface area contributed by atoms with Gasteiger partial charge in [0, 0.05) is 20.1 Å². The third-order valence-corrected chi connectivity index (χ3v) is 3.68. The second kappa shape index (κ2) is 11.0. The minimum atomic E-state index is -0.209. The smallest absolute Gasteiger partial charge is 0.191 e. The van der Waals surface area contributed by atoms with E-state index in [2.05, 4.69) is 34.4 Å². The number of nitrogens with zero attached hydrogens (tertiary/aromatic N) is 2. The van der Waals surface area contributed by atoms with Crippen LogP contribution in [0.1, 0.15) is 32.3 Å². The number of hydrogen-bond donors (Lipinski definition) is 2. The van der Waals surface area contributed by atoms with Gasteiger partial charge in [0.15, 0.2) is 5.96 Å². The van der Waals surface area contributed by atoms with Crippen LogP contribution in [0.3, 0.4) is 0 Å². The Morgan fingerprint density at radius 1 is 1.09 bits per heavy atom. The van der Waals surface area contributed by atoms with Crippen molar-refractivity contribution < 1.29 is 4.39 Å². The second-order valence-corrected chi connectivity index (χ2v) is 5.21. The number of unbranched alkanes of at least 4 members (excludes halogenated alkanes) is 1. The van der Waals surface area contributed by atoms with Crippen molar-refractivity contribution in [2.45, 2.75) is 33.2 Å². The molecule has 0 aromatic heterocycles. The summed E-state index contributed by atoms with van der Waals surface area (Å²) in [5.41, 5.74) is 1.03. The van der Waals surface area contributed by atoms with Crippen LogP contribution in [-0.2, 0) is 6.54 Å². The van der Waals surface area contributed by atoms with E-state index in [-0.39, 0.29) is 5.82 Å². The van der Waals surface area contributed by atoms with Crippen molar-refractivity contribution in [3.8, 4) is 0 Å². The van der Waals surface area contributed by atoms with Gasteiger partial charge in [0.1, 0.15) is 5.82 Å². The van der Waals surface area contributed by atoms with Gasteiger partial charge in [-0.25, -0.2) is 4.39 Å². The molecule has 5 heteroatoms. The van der Waals surface area contributed by atoms with Crippen LogP contribution in [0.2, 0.25) is 0 Å². The SMILES string of the molecule is CCN(CC)CCCCNC(=NC)NCc1ccc(F)cc1. The Morgan fingerprint density at radius 2 is 1.77 bits per heavy atom. The van der Waals surface area contributed by atoms with Gasteiger partial charge in [-0.05, 0) is 50.2 Å². The highest BCUT2D eigenvalue weighted by Gasteiger charge is 2.00. The Morgan fingerprint density at radius 3 is 2.36 bits per heavy atom. The Kier molecular flexibility index (Phi) is 9.23. The first-order valence-electron chi connectivity index (χ1n) is 8.10. The molecular weight excluding hydrogens is 279 g/mol. The third kappa shape index (κ3) is 7.41. The average molecular weight is 308 g/mol. The normalized spacial score (nSPS) is 11.8. The zero-order valence-corrected chi connectivity index (χ0v) is 14.0. The maximum Gasteiger partial charge on any atom is 0.191 e. The van der Waals surface area contributed by atoms with Crippen LogP contribution in [0.5, 0.6) is 0 Å². The molecule has 2 N–H and O–H groups in total. The van der Waals surface area contributed by atoms with Gasteiger partial charge in [0.2, 0.25) is 0 Å². The van der Waals surface area contributed by atoms with E-state index < -0.39 is 0 Å². The topological polar surface area (TPSA) is 39.7 Å². The molecule has 22 heavy (non-hydrogen) atoms. The fraction of sp³-hybridized carbons (Fsp3) is 0.588. The van der Waals surface area contributed by atoms with E-state index in [0.717, 1.165) is 44.1 Å². The molecule has 0 aliphatic carbocycles. The molecule has 0 unspecified atom stereocenters. The highest BCUT2D eigenvalue weighted by Crippen LogP contribution is 2.01. The van der Waals surface area contributed by atoms with Crippen molar-refractivity contribution in [2.24, 2.45) is 4.99 Å². The molecule has 0 radical (unpaired) electrons. The molecule has 0 bridgehead atoms. The van der Waals surface area contributed by atoms with E-state index in [9.17, 15) is 4.39 Å². The summed E-state index contributed by atoms with van der Waals surface area (Å²) < 4.78 is 12.8. The lowest BCUT2D eigenvalue weighted by molar-refractivity contribution is 0.297. The molecule has 0 fully saturated rings. The number of guanidine groups is 1. The lowest BCUT2D eigenvalue weighted by Gasteiger charge is -2.18. The first-order valence-corrected chi connectivity index (χ1v) is 8.10. The number of rotatable bonds is 9. The van der Waals surface area contributed by atoms with Gasteiger partial charge in [-0.3, -0.25) is 4.99 Å². The first kappa shape index (κ1) is 18.4. The summed E-state index contributed by atoms with van der Waals surface area (Å²) in [4.78, 5) is 6.63. The van der Waals surface area contributed by atoms with Gasteiger partial charge < -0.3 is 15.5 Å². The van der Waals surface area contributed by atoms with Gasteiger partial charge in [-0.1, -0.05) is 26.0 Å². The lowest BCUT2D eigenvalue weighted by atomic mass is 10.2. The average Bonchev–Trinajstić information content (AvgIpc) is 2.55. The summed E-state index contributed by atoms with van der Waals surface area (Å²) in [7, 11) is 1.76. The van der Waals surface area contributed by atoms with Crippen molar-refractivity contribution >= 4 is 5.96 Å². The van der Waals surface area contributed by atoms with Crippen LogP contribution in [0.15, 0.2) is 29.3 Å². The minimum absolute atomic E-state index is 0.209. The Balaban J connectivity index is 2.18. The van der Waals surface area contributed by atoms with E-state index in [1.165, 1.54) is 18.6 Å². The molecule has 0 spiro atoms. The largest absolute Gasteiger partial charge is 0.356 e. The lowest BCUT2D eigenvalue weighted by Crippen LogP contribution is -2.37. The second-order valence-electron chi connectivity index (χ2n) is 5.21. The van der Waals surface area contributed by atoms with E-state index >= 15 is 0 Å². The highest BCUT2D eigenvalue weighted by atomic mass is 19.1. The molecule has 0 aliphatic rings. The van der Waals surface area contributed by atoms with Crippen LogP contribution in [0, 0.1) is 5.82 Å². The predicted molar refractivity (Wildman–Crippen MR) is 91.6 cm³/mol. The Hall–Kier alpha value is -1.62. The van der Waals surface area contributed by atoms with Crippen molar-refractivity contribution in [3.63, 3.8) is 0 Å². The van der Waals surface area contributed by atoms with Gasteiger partial charge >= 0.3 is 0 Å². The van der Waals surface area contributed by atoms with Gasteiger partial charge in [-0.2, -0.15) is 0 Å². The van der Waals surface area contributed by atoms with E-state index in [1.54, 1.807) is 19.2 Å². The highest BCUT2D eigenvalue weighted by molar-refractivity contribution is 5.79. The Labute approximate surface area is 133 Å². The van der Waals surface area contributed by atoms with Crippen LogP contribution in [-0.4, -0.2) is 44.1 Å². The standard InChI is InChI=1S/C17H29FN4/c1-4-22(5-2)13-7-6-12-20-17(19-3)21-14-15-8-10-16(18)11-9-15/h8-11H,4-7,12-14H2,1-3H3,(H2,19,20,21). The van der Waals surface area contributed by atoms with Crippen LogP contribution in [0.4, 0.5) is 4.39 Å². The summed E-state index contributed by atoms with van der Waals surface area (Å²) in [6, 6.07) is 6.50. The fourth-order valence-electron chi connectivity index (χ4n) is 2.22. The third-order valence-electron chi connectivity index (χ3n) is 3.68. The summed E-state index contributed by atoms with van der Waals surface area (Å²) >= 11 is 0. The van der Waals surface area contributed by atoms with Gasteiger partial charge in [-0.15, -0.1) is 0 Å².